The fourth-order valence-electron chi connectivity index (χ4n) is 3.55. The Labute approximate surface area is 171 Å². The third-order valence-corrected chi connectivity index (χ3v) is 5.01. The average Bonchev–Trinajstić information content (AvgIpc) is 3.07. The van der Waals surface area contributed by atoms with Gasteiger partial charge in [-0.25, -0.2) is 0 Å². The molecule has 148 valence electrons. The number of nitrogens with zero attached hydrogens (tertiary/aromatic N) is 3. The molecule has 0 saturated carbocycles. The van der Waals surface area contributed by atoms with E-state index in [1.165, 1.54) is 38.8 Å². The van der Waals surface area contributed by atoms with Crippen molar-refractivity contribution in [1.29, 1.82) is 0 Å². The molecule has 1 unspecified atom stereocenters. The Hall–Kier alpha value is -0.120. The molecule has 0 amide bonds. The molecule has 0 spiro atoms. The number of guanidine groups is 1. The van der Waals surface area contributed by atoms with Crippen LogP contribution < -0.4 is 10.6 Å². The predicted octanol–water partition coefficient (Wildman–Crippen LogP) is 1.76. The van der Waals surface area contributed by atoms with E-state index in [0.717, 1.165) is 58.4 Å². The van der Waals surface area contributed by atoms with Crippen LogP contribution in [-0.2, 0) is 4.74 Å². The highest BCUT2D eigenvalue weighted by molar-refractivity contribution is 14.0. The van der Waals surface area contributed by atoms with Gasteiger partial charge in [-0.15, -0.1) is 24.0 Å². The largest absolute Gasteiger partial charge is 0.379 e. The first-order chi connectivity index (χ1) is 11.8. The van der Waals surface area contributed by atoms with E-state index in [2.05, 4.69) is 34.3 Å². The van der Waals surface area contributed by atoms with Crippen LogP contribution in [0.25, 0.3) is 0 Å². The Morgan fingerprint density at radius 3 is 2.64 bits per heavy atom. The topological polar surface area (TPSA) is 52.1 Å². The van der Waals surface area contributed by atoms with Gasteiger partial charge < -0.3 is 15.4 Å². The van der Waals surface area contributed by atoms with E-state index >= 15 is 0 Å². The van der Waals surface area contributed by atoms with Gasteiger partial charge in [0.15, 0.2) is 5.96 Å². The molecular weight excluding hydrogens is 429 g/mol. The van der Waals surface area contributed by atoms with Crippen LogP contribution in [0.5, 0.6) is 0 Å². The van der Waals surface area contributed by atoms with Crippen LogP contribution in [0.4, 0.5) is 0 Å². The fraction of sp³-hybridized carbons (Fsp3) is 0.944. The van der Waals surface area contributed by atoms with E-state index < -0.39 is 0 Å². The van der Waals surface area contributed by atoms with Crippen LogP contribution in [0.1, 0.15) is 39.5 Å². The van der Waals surface area contributed by atoms with Gasteiger partial charge in [-0.2, -0.15) is 0 Å². The second-order valence-corrected chi connectivity index (χ2v) is 6.73. The Kier molecular flexibility index (Phi) is 12.8. The van der Waals surface area contributed by atoms with Crippen molar-refractivity contribution in [2.24, 2.45) is 4.99 Å². The van der Waals surface area contributed by atoms with Crippen molar-refractivity contribution in [2.75, 3.05) is 65.6 Å². The van der Waals surface area contributed by atoms with E-state index in [-0.39, 0.29) is 24.0 Å². The molecule has 0 radical (unpaired) electrons. The van der Waals surface area contributed by atoms with Crippen LogP contribution in [0, 0.1) is 0 Å². The first-order valence-corrected chi connectivity index (χ1v) is 9.89. The lowest BCUT2D eigenvalue weighted by Crippen LogP contribution is -2.40. The first-order valence-electron chi connectivity index (χ1n) is 9.89. The summed E-state index contributed by atoms with van der Waals surface area (Å²) in [7, 11) is 0. The Bertz CT molecular complexity index is 363. The molecule has 25 heavy (non-hydrogen) atoms. The van der Waals surface area contributed by atoms with E-state index in [0.29, 0.717) is 6.04 Å². The Morgan fingerprint density at radius 2 is 1.92 bits per heavy atom. The number of aliphatic imine (C=N–C) groups is 1. The summed E-state index contributed by atoms with van der Waals surface area (Å²) >= 11 is 0. The molecule has 0 aromatic heterocycles. The number of hydrogen-bond acceptors (Lipinski definition) is 4. The molecule has 2 rings (SSSR count). The summed E-state index contributed by atoms with van der Waals surface area (Å²) < 4.78 is 5.39. The second-order valence-electron chi connectivity index (χ2n) is 6.73. The molecule has 0 aromatic rings. The van der Waals surface area contributed by atoms with Crippen molar-refractivity contribution < 1.29 is 4.74 Å². The molecule has 0 bridgehead atoms. The van der Waals surface area contributed by atoms with Gasteiger partial charge >= 0.3 is 0 Å². The third kappa shape index (κ3) is 8.88. The minimum Gasteiger partial charge on any atom is -0.379 e. The molecule has 2 heterocycles. The van der Waals surface area contributed by atoms with Crippen molar-refractivity contribution in [2.45, 2.75) is 45.6 Å². The standard InChI is InChI=1S/C18H37N5O.HI/c1-3-19-18(21-16-17-8-7-11-23(17)4-2)20-9-5-6-10-22-12-14-24-15-13-22;/h17H,3-16H2,1-2H3,(H2,19,20,21);1H. The number of rotatable bonds is 9. The second kappa shape index (κ2) is 14.0. The molecule has 2 aliphatic heterocycles. The maximum atomic E-state index is 5.39. The van der Waals surface area contributed by atoms with Crippen molar-refractivity contribution in [3.8, 4) is 0 Å². The van der Waals surface area contributed by atoms with Gasteiger partial charge in [-0.05, 0) is 52.2 Å². The van der Waals surface area contributed by atoms with Crippen LogP contribution in [0.15, 0.2) is 4.99 Å². The molecule has 0 aromatic carbocycles. The maximum Gasteiger partial charge on any atom is 0.191 e. The lowest BCUT2D eigenvalue weighted by molar-refractivity contribution is 0.0372. The number of morpholine rings is 1. The highest BCUT2D eigenvalue weighted by Crippen LogP contribution is 2.16. The molecule has 1 atom stereocenters. The zero-order chi connectivity index (χ0) is 17.0. The summed E-state index contributed by atoms with van der Waals surface area (Å²) in [6, 6.07) is 0.631. The van der Waals surface area contributed by atoms with Crippen LogP contribution in [0.2, 0.25) is 0 Å². The van der Waals surface area contributed by atoms with Crippen molar-refractivity contribution in [3.63, 3.8) is 0 Å². The van der Waals surface area contributed by atoms with Gasteiger partial charge in [0.1, 0.15) is 0 Å². The van der Waals surface area contributed by atoms with E-state index in [9.17, 15) is 0 Å². The quantitative estimate of drug-likeness (QED) is 0.234. The summed E-state index contributed by atoms with van der Waals surface area (Å²) in [5.74, 6) is 0.979. The smallest absolute Gasteiger partial charge is 0.191 e. The fourth-order valence-corrected chi connectivity index (χ4v) is 3.55. The molecule has 2 fully saturated rings. The third-order valence-electron chi connectivity index (χ3n) is 5.01. The summed E-state index contributed by atoms with van der Waals surface area (Å²) in [6.45, 7) is 14.7. The highest BCUT2D eigenvalue weighted by Gasteiger charge is 2.22. The van der Waals surface area contributed by atoms with Gasteiger partial charge in [0.05, 0.1) is 19.8 Å². The minimum atomic E-state index is 0. The van der Waals surface area contributed by atoms with E-state index in [1.807, 2.05) is 0 Å². The van der Waals surface area contributed by atoms with Gasteiger partial charge in [-0.1, -0.05) is 6.92 Å². The molecule has 2 N–H and O–H groups in total. The van der Waals surface area contributed by atoms with Crippen LogP contribution in [-0.4, -0.2) is 87.4 Å². The van der Waals surface area contributed by atoms with E-state index in [1.54, 1.807) is 0 Å². The Balaban J connectivity index is 0.00000312. The lowest BCUT2D eigenvalue weighted by Gasteiger charge is -2.26. The predicted molar refractivity (Wildman–Crippen MR) is 116 cm³/mol. The number of nitrogens with one attached hydrogen (secondary N) is 2. The van der Waals surface area contributed by atoms with E-state index in [4.69, 9.17) is 9.73 Å². The number of hydrogen-bond donors (Lipinski definition) is 2. The first kappa shape index (κ1) is 22.9. The summed E-state index contributed by atoms with van der Waals surface area (Å²) in [6.07, 6.45) is 5.03. The van der Waals surface area contributed by atoms with Gasteiger partial charge in [-0.3, -0.25) is 14.8 Å². The minimum absolute atomic E-state index is 0. The van der Waals surface area contributed by atoms with Crippen LogP contribution in [0.3, 0.4) is 0 Å². The SMILES string of the molecule is CCNC(=NCC1CCCN1CC)NCCCCN1CCOCC1.I. The zero-order valence-electron chi connectivity index (χ0n) is 16.1. The molecular formula is C18H38IN5O. The molecule has 2 aliphatic rings. The van der Waals surface area contributed by atoms with Crippen molar-refractivity contribution >= 4 is 29.9 Å². The Morgan fingerprint density at radius 1 is 1.12 bits per heavy atom. The lowest BCUT2D eigenvalue weighted by atomic mass is 10.2. The monoisotopic (exact) mass is 467 g/mol. The zero-order valence-corrected chi connectivity index (χ0v) is 18.5. The number of likely N-dealkylation sites (N-methyl/N-ethyl adjacent to an activating group) is 1. The normalized spacial score (nSPS) is 22.6. The summed E-state index contributed by atoms with van der Waals surface area (Å²) in [5, 5.41) is 6.87. The molecule has 2 saturated heterocycles. The van der Waals surface area contributed by atoms with Gasteiger partial charge in [0, 0.05) is 32.2 Å². The van der Waals surface area contributed by atoms with Crippen molar-refractivity contribution in [1.82, 2.24) is 20.4 Å². The maximum absolute atomic E-state index is 5.39. The van der Waals surface area contributed by atoms with Crippen molar-refractivity contribution in [3.05, 3.63) is 0 Å². The number of likely N-dealkylation sites (tertiary alicyclic amines) is 1. The van der Waals surface area contributed by atoms with Crippen LogP contribution >= 0.6 is 24.0 Å². The number of unbranched alkanes of at least 4 members (excludes halogenated alkanes) is 1. The molecule has 0 aliphatic carbocycles. The van der Waals surface area contributed by atoms with Gasteiger partial charge in [0.25, 0.3) is 0 Å². The van der Waals surface area contributed by atoms with Gasteiger partial charge in [0.2, 0.25) is 0 Å². The molecule has 7 heteroatoms. The number of ether oxygens (including phenoxy) is 1. The number of halogens is 1. The highest BCUT2D eigenvalue weighted by atomic mass is 127. The average molecular weight is 467 g/mol. The summed E-state index contributed by atoms with van der Waals surface area (Å²) in [4.78, 5) is 9.86. The summed E-state index contributed by atoms with van der Waals surface area (Å²) in [5.41, 5.74) is 0. The molecule has 6 nitrogen and oxygen atoms in total.